The second-order valence-electron chi connectivity index (χ2n) is 5.04. The van der Waals surface area contributed by atoms with E-state index in [1.54, 1.807) is 39.4 Å². The summed E-state index contributed by atoms with van der Waals surface area (Å²) in [4.78, 5) is 13.4. The van der Waals surface area contributed by atoms with Gasteiger partial charge in [0.2, 0.25) is 0 Å². The van der Waals surface area contributed by atoms with Gasteiger partial charge in [-0.15, -0.1) is 0 Å². The van der Waals surface area contributed by atoms with Crippen molar-refractivity contribution in [3.8, 4) is 0 Å². The zero-order valence-corrected chi connectivity index (χ0v) is 12.8. The lowest BCUT2D eigenvalue weighted by atomic mass is 10.1. The first-order valence-electron chi connectivity index (χ1n) is 6.70. The van der Waals surface area contributed by atoms with Gasteiger partial charge in [-0.25, -0.2) is 0 Å². The Labute approximate surface area is 124 Å². The summed E-state index contributed by atoms with van der Waals surface area (Å²) in [5.41, 5.74) is 0.574. The Morgan fingerprint density at radius 1 is 1.33 bits per heavy atom. The molecule has 1 fully saturated rings. The minimum absolute atomic E-state index is 0.167. The van der Waals surface area contributed by atoms with Crippen LogP contribution in [0.4, 0.5) is 0 Å². The predicted octanol–water partition coefficient (Wildman–Crippen LogP) is 0.195. The highest BCUT2D eigenvalue weighted by Crippen LogP contribution is 2.31. The van der Waals surface area contributed by atoms with Crippen molar-refractivity contribution >= 4 is 5.91 Å². The van der Waals surface area contributed by atoms with Gasteiger partial charge in [0.25, 0.3) is 5.91 Å². The number of hydrogen-bond donors (Lipinski definition) is 1. The number of methoxy groups -OCH3 is 3. The molecular weight excluding hydrogens is 276 g/mol. The number of carbonyl (C=O) groups is 1. The fourth-order valence-electron chi connectivity index (χ4n) is 2.63. The second kappa shape index (κ2) is 6.57. The lowest BCUT2D eigenvalue weighted by Crippen LogP contribution is -2.48. The van der Waals surface area contributed by atoms with E-state index in [4.69, 9.17) is 18.9 Å². The van der Waals surface area contributed by atoms with Gasteiger partial charge in [-0.2, -0.15) is 0 Å². The first kappa shape index (κ1) is 16.0. The zero-order valence-electron chi connectivity index (χ0n) is 12.8. The number of nitrogens with zero attached hydrogens (tertiary/aromatic N) is 1. The van der Waals surface area contributed by atoms with Crippen molar-refractivity contribution in [1.29, 1.82) is 0 Å². The molecule has 118 valence electrons. The molecule has 0 aromatic carbocycles. The lowest BCUT2D eigenvalue weighted by Gasteiger charge is -2.35. The Balaban J connectivity index is 2.25. The fraction of sp³-hybridized carbons (Fsp3) is 0.643. The molecule has 21 heavy (non-hydrogen) atoms. The summed E-state index contributed by atoms with van der Waals surface area (Å²) in [5.74, 6) is 0.283. The third-order valence-corrected chi connectivity index (χ3v) is 3.70. The van der Waals surface area contributed by atoms with Crippen molar-refractivity contribution in [2.45, 2.75) is 31.5 Å². The largest absolute Gasteiger partial charge is 0.382 e. The van der Waals surface area contributed by atoms with Gasteiger partial charge in [0.1, 0.15) is 24.1 Å². The normalized spacial score (nSPS) is 33.1. The van der Waals surface area contributed by atoms with E-state index in [0.29, 0.717) is 18.0 Å². The Morgan fingerprint density at radius 3 is 2.57 bits per heavy atom. The molecule has 0 spiro atoms. The molecule has 0 radical (unpaired) electrons. The summed E-state index contributed by atoms with van der Waals surface area (Å²) >= 11 is 0. The molecule has 2 heterocycles. The van der Waals surface area contributed by atoms with Gasteiger partial charge >= 0.3 is 0 Å². The highest BCUT2D eigenvalue weighted by molar-refractivity contribution is 5.94. The van der Waals surface area contributed by atoms with Gasteiger partial charge in [0.05, 0.1) is 6.61 Å². The fourth-order valence-corrected chi connectivity index (χ4v) is 2.63. The Morgan fingerprint density at radius 2 is 2.00 bits per heavy atom. The molecule has 7 nitrogen and oxygen atoms in total. The molecule has 1 amide bonds. The monoisotopic (exact) mass is 298 g/mol. The van der Waals surface area contributed by atoms with Crippen LogP contribution in [0, 0.1) is 0 Å². The molecule has 1 N–H and O–H groups in total. The van der Waals surface area contributed by atoms with Crippen molar-refractivity contribution < 1.29 is 23.7 Å². The molecule has 0 aromatic rings. The Bertz CT molecular complexity index is 451. The lowest BCUT2D eigenvalue weighted by molar-refractivity contribution is -0.120. The standard InChI is InChI=1S/C14H22N2O5/c1-8-6-16(9(2)15-13(8)17)14-12(20-5)11(19-4)10(21-14)7-18-3/h6,10-12,14H,2,7H2,1,3-5H3,(H,15,17)/t10-,11?,12+,14-/m1/s1. The average molecular weight is 298 g/mol. The molecule has 4 atom stereocenters. The van der Waals surface area contributed by atoms with Crippen molar-refractivity contribution in [1.82, 2.24) is 10.2 Å². The smallest absolute Gasteiger partial charge is 0.253 e. The van der Waals surface area contributed by atoms with E-state index in [2.05, 4.69) is 11.9 Å². The van der Waals surface area contributed by atoms with Crippen molar-refractivity contribution in [3.63, 3.8) is 0 Å². The first-order valence-corrected chi connectivity index (χ1v) is 6.70. The van der Waals surface area contributed by atoms with Crippen LogP contribution in [0.15, 0.2) is 24.2 Å². The molecule has 1 saturated heterocycles. The maximum Gasteiger partial charge on any atom is 0.253 e. The summed E-state index contributed by atoms with van der Waals surface area (Å²) in [5, 5.41) is 2.70. The third kappa shape index (κ3) is 2.96. The molecular formula is C14H22N2O5. The average Bonchev–Trinajstić information content (AvgIpc) is 2.80. The van der Waals surface area contributed by atoms with E-state index in [1.807, 2.05) is 0 Å². The maximum absolute atomic E-state index is 11.6. The molecule has 0 saturated carbocycles. The first-order chi connectivity index (χ1) is 10.0. The van der Waals surface area contributed by atoms with Crippen LogP contribution in [0.3, 0.4) is 0 Å². The van der Waals surface area contributed by atoms with Crippen LogP contribution in [0.25, 0.3) is 0 Å². The number of amides is 1. The molecule has 0 aromatic heterocycles. The number of nitrogens with one attached hydrogen (secondary N) is 1. The highest BCUT2D eigenvalue weighted by atomic mass is 16.6. The Hall–Kier alpha value is -1.41. The van der Waals surface area contributed by atoms with E-state index >= 15 is 0 Å². The SMILES string of the molecule is C=C1NC(=O)C(C)=CN1[C@@H]1O[C@H](COC)C(OC)[C@@H]1OC. The van der Waals surface area contributed by atoms with Crippen LogP contribution >= 0.6 is 0 Å². The van der Waals surface area contributed by atoms with Crippen LogP contribution in [0.5, 0.6) is 0 Å². The summed E-state index contributed by atoms with van der Waals surface area (Å²) in [6.45, 7) is 5.98. The Kier molecular flexibility index (Phi) is 5.00. The van der Waals surface area contributed by atoms with Gasteiger partial charge in [-0.1, -0.05) is 6.58 Å². The van der Waals surface area contributed by atoms with Crippen LogP contribution in [-0.4, -0.2) is 63.3 Å². The van der Waals surface area contributed by atoms with Crippen molar-refractivity contribution in [2.24, 2.45) is 0 Å². The molecule has 0 aliphatic carbocycles. The van der Waals surface area contributed by atoms with Gasteiger partial charge in [-0.05, 0) is 6.92 Å². The van der Waals surface area contributed by atoms with Crippen LogP contribution < -0.4 is 5.32 Å². The molecule has 2 rings (SSSR count). The summed E-state index contributed by atoms with van der Waals surface area (Å²) in [6.07, 6.45) is 0.419. The predicted molar refractivity (Wildman–Crippen MR) is 75.0 cm³/mol. The zero-order chi connectivity index (χ0) is 15.6. The van der Waals surface area contributed by atoms with Crippen molar-refractivity contribution in [2.75, 3.05) is 27.9 Å². The molecule has 1 unspecified atom stereocenters. The number of hydrogen-bond acceptors (Lipinski definition) is 6. The van der Waals surface area contributed by atoms with Crippen LogP contribution in [0.1, 0.15) is 6.92 Å². The van der Waals surface area contributed by atoms with Gasteiger partial charge in [-0.3, -0.25) is 4.79 Å². The second-order valence-corrected chi connectivity index (χ2v) is 5.04. The van der Waals surface area contributed by atoms with E-state index in [9.17, 15) is 4.79 Å². The van der Waals surface area contributed by atoms with E-state index in [1.165, 1.54) is 0 Å². The maximum atomic E-state index is 11.6. The number of rotatable bonds is 5. The highest BCUT2D eigenvalue weighted by Gasteiger charge is 2.48. The van der Waals surface area contributed by atoms with Gasteiger partial charge < -0.3 is 29.2 Å². The van der Waals surface area contributed by atoms with E-state index in [0.717, 1.165) is 0 Å². The number of carbonyl (C=O) groups excluding carboxylic acids is 1. The summed E-state index contributed by atoms with van der Waals surface area (Å²) < 4.78 is 22.2. The van der Waals surface area contributed by atoms with Crippen molar-refractivity contribution in [3.05, 3.63) is 24.2 Å². The minimum atomic E-state index is -0.442. The van der Waals surface area contributed by atoms with Gasteiger partial charge in [0.15, 0.2) is 6.23 Å². The van der Waals surface area contributed by atoms with Crippen LogP contribution in [-0.2, 0) is 23.7 Å². The number of ether oxygens (including phenoxy) is 4. The summed E-state index contributed by atoms with van der Waals surface area (Å²) in [6, 6.07) is 0. The van der Waals surface area contributed by atoms with Gasteiger partial charge in [0, 0.05) is 33.1 Å². The van der Waals surface area contributed by atoms with E-state index < -0.39 is 6.23 Å². The molecule has 0 bridgehead atoms. The molecule has 2 aliphatic heterocycles. The molecule has 2 aliphatic rings. The van der Waals surface area contributed by atoms with E-state index in [-0.39, 0.29) is 24.2 Å². The molecule has 7 heteroatoms. The minimum Gasteiger partial charge on any atom is -0.382 e. The third-order valence-electron chi connectivity index (χ3n) is 3.70. The quantitative estimate of drug-likeness (QED) is 0.782. The van der Waals surface area contributed by atoms with Crippen LogP contribution in [0.2, 0.25) is 0 Å². The topological polar surface area (TPSA) is 69.3 Å². The summed E-state index contributed by atoms with van der Waals surface area (Å²) in [7, 11) is 4.82.